The molecule has 1 unspecified atom stereocenters. The number of pyridine rings is 1. The average Bonchev–Trinajstić information content (AvgIpc) is 3.01. The van der Waals surface area contributed by atoms with E-state index < -0.39 is 0 Å². The zero-order valence-corrected chi connectivity index (χ0v) is 16.7. The maximum Gasteiger partial charge on any atom is 0.222 e. The van der Waals surface area contributed by atoms with E-state index >= 15 is 0 Å². The first-order valence-electron chi connectivity index (χ1n) is 9.99. The van der Waals surface area contributed by atoms with E-state index in [-0.39, 0.29) is 6.10 Å². The second kappa shape index (κ2) is 7.83. The molecule has 0 bridgehead atoms. The monoisotopic (exact) mass is 374 g/mol. The largest absolute Gasteiger partial charge is 0.474 e. The van der Waals surface area contributed by atoms with E-state index in [1.54, 1.807) is 0 Å². The third-order valence-corrected chi connectivity index (χ3v) is 7.47. The van der Waals surface area contributed by atoms with Crippen molar-refractivity contribution >= 4 is 21.4 Å². The normalized spacial score (nSPS) is 26.2. The maximum atomic E-state index is 9.32. The number of aliphatic hydroxyl groups excluding tert-OH is 1. The molecule has 4 rings (SSSR count). The Labute approximate surface area is 160 Å². The Hall–Kier alpha value is -1.17. The van der Waals surface area contributed by atoms with E-state index in [4.69, 9.17) is 4.74 Å². The van der Waals surface area contributed by atoms with Crippen LogP contribution in [0.1, 0.15) is 49.0 Å². The van der Waals surface area contributed by atoms with Gasteiger partial charge in [0.25, 0.3) is 0 Å². The van der Waals surface area contributed by atoms with Crippen LogP contribution in [0, 0.1) is 5.92 Å². The third-order valence-electron chi connectivity index (χ3n) is 6.21. The molecule has 1 fully saturated rings. The minimum Gasteiger partial charge on any atom is -0.474 e. The molecule has 1 atom stereocenters. The van der Waals surface area contributed by atoms with Crippen molar-refractivity contribution in [1.82, 2.24) is 9.88 Å². The van der Waals surface area contributed by atoms with Crippen molar-refractivity contribution in [2.75, 3.05) is 20.7 Å². The van der Waals surface area contributed by atoms with Gasteiger partial charge in [0.05, 0.1) is 5.39 Å². The van der Waals surface area contributed by atoms with Gasteiger partial charge in [0, 0.05) is 28.4 Å². The van der Waals surface area contributed by atoms with Gasteiger partial charge in [0.15, 0.2) is 0 Å². The van der Waals surface area contributed by atoms with Crippen LogP contribution < -0.4 is 4.74 Å². The third kappa shape index (κ3) is 3.62. The predicted molar refractivity (Wildman–Crippen MR) is 107 cm³/mol. The molecule has 5 heteroatoms. The lowest BCUT2D eigenvalue weighted by Gasteiger charge is -2.32. The minimum atomic E-state index is 0.289. The van der Waals surface area contributed by atoms with E-state index in [0.717, 1.165) is 38.0 Å². The highest BCUT2D eigenvalue weighted by atomic mass is 32.1. The van der Waals surface area contributed by atoms with E-state index in [0.29, 0.717) is 18.6 Å². The van der Waals surface area contributed by atoms with Crippen LogP contribution >= 0.6 is 11.3 Å². The first kappa shape index (κ1) is 18.2. The van der Waals surface area contributed by atoms with Gasteiger partial charge in [-0.2, -0.15) is 0 Å². The molecule has 0 aliphatic heterocycles. The molecular weight excluding hydrogens is 344 g/mol. The Kier molecular flexibility index (Phi) is 5.48. The number of aryl methyl sites for hydroxylation is 1. The van der Waals surface area contributed by atoms with Crippen molar-refractivity contribution in [2.24, 2.45) is 5.92 Å². The second-order valence-electron chi connectivity index (χ2n) is 8.13. The van der Waals surface area contributed by atoms with Crippen molar-refractivity contribution in [2.45, 2.75) is 63.5 Å². The fourth-order valence-electron chi connectivity index (χ4n) is 4.62. The zero-order valence-electron chi connectivity index (χ0n) is 15.9. The van der Waals surface area contributed by atoms with Gasteiger partial charge >= 0.3 is 0 Å². The standard InChI is InChI=1S/C21H30N2O2S/c1-23(2)15-4-6-16(7-5-15)25-21-20-17-13-14(10-12-24)3-8-18(17)26-19(20)9-11-22-21/h9,11,14-16,24H,3-8,10,12-13H2,1-2H3/t14?,15-,16-. The van der Waals surface area contributed by atoms with Gasteiger partial charge in [0.2, 0.25) is 5.88 Å². The van der Waals surface area contributed by atoms with Crippen LogP contribution in [0.5, 0.6) is 5.88 Å². The molecule has 1 N–H and O–H groups in total. The Balaban J connectivity index is 1.56. The number of hydrogen-bond acceptors (Lipinski definition) is 5. The lowest BCUT2D eigenvalue weighted by atomic mass is 9.85. The lowest BCUT2D eigenvalue weighted by molar-refractivity contribution is 0.108. The Morgan fingerprint density at radius 2 is 2.04 bits per heavy atom. The van der Waals surface area contributed by atoms with Gasteiger partial charge in [-0.05, 0) is 83.0 Å². The summed E-state index contributed by atoms with van der Waals surface area (Å²) in [6.45, 7) is 0.290. The van der Waals surface area contributed by atoms with Crippen molar-refractivity contribution in [3.63, 3.8) is 0 Å². The molecule has 0 amide bonds. The van der Waals surface area contributed by atoms with Gasteiger partial charge in [-0.15, -0.1) is 11.3 Å². The number of fused-ring (bicyclic) bond motifs is 3. The molecule has 2 aromatic heterocycles. The summed E-state index contributed by atoms with van der Waals surface area (Å²) < 4.78 is 7.76. The summed E-state index contributed by atoms with van der Waals surface area (Å²) in [6.07, 6.45) is 11.1. The van der Waals surface area contributed by atoms with Gasteiger partial charge in [-0.3, -0.25) is 0 Å². The average molecular weight is 375 g/mol. The summed E-state index contributed by atoms with van der Waals surface area (Å²) in [7, 11) is 4.35. The van der Waals surface area contributed by atoms with Gasteiger partial charge in [0.1, 0.15) is 6.10 Å². The SMILES string of the molecule is CN(C)[C@H]1CC[C@H](Oc2nccc3sc4c(c23)CC(CCO)CC4)CC1. The zero-order chi connectivity index (χ0) is 18.1. The Morgan fingerprint density at radius 3 is 2.77 bits per heavy atom. The van der Waals surface area contributed by atoms with Crippen molar-refractivity contribution in [3.05, 3.63) is 22.7 Å². The van der Waals surface area contributed by atoms with Gasteiger partial charge in [-0.25, -0.2) is 4.98 Å². The van der Waals surface area contributed by atoms with E-state index in [1.807, 2.05) is 17.5 Å². The number of thiophene rings is 1. The molecule has 0 spiro atoms. The van der Waals surface area contributed by atoms with Gasteiger partial charge < -0.3 is 14.7 Å². The van der Waals surface area contributed by atoms with Crippen molar-refractivity contribution in [3.8, 4) is 5.88 Å². The number of aliphatic hydroxyl groups is 1. The molecule has 142 valence electrons. The summed E-state index contributed by atoms with van der Waals surface area (Å²) in [4.78, 5) is 8.47. The molecule has 26 heavy (non-hydrogen) atoms. The molecule has 4 nitrogen and oxygen atoms in total. The first-order chi connectivity index (χ1) is 12.7. The molecule has 2 heterocycles. The molecular formula is C21H30N2O2S. The first-order valence-corrected chi connectivity index (χ1v) is 10.8. The number of nitrogens with zero attached hydrogens (tertiary/aromatic N) is 2. The molecule has 2 aliphatic rings. The van der Waals surface area contributed by atoms with Gasteiger partial charge in [-0.1, -0.05) is 0 Å². The number of ether oxygens (including phenoxy) is 1. The van der Waals surface area contributed by atoms with Crippen LogP contribution in [0.3, 0.4) is 0 Å². The molecule has 0 radical (unpaired) electrons. The molecule has 0 saturated heterocycles. The van der Waals surface area contributed by atoms with Crippen LogP contribution in [-0.4, -0.2) is 47.8 Å². The van der Waals surface area contributed by atoms with Crippen molar-refractivity contribution in [1.29, 1.82) is 0 Å². The highest BCUT2D eigenvalue weighted by Crippen LogP contribution is 2.42. The van der Waals surface area contributed by atoms with Crippen LogP contribution in [0.25, 0.3) is 10.1 Å². The number of hydrogen-bond donors (Lipinski definition) is 1. The molecule has 0 aromatic carbocycles. The lowest BCUT2D eigenvalue weighted by Crippen LogP contribution is -2.35. The van der Waals surface area contributed by atoms with Crippen LogP contribution in [0.15, 0.2) is 12.3 Å². The number of rotatable bonds is 5. The Morgan fingerprint density at radius 1 is 1.23 bits per heavy atom. The smallest absolute Gasteiger partial charge is 0.222 e. The summed E-state index contributed by atoms with van der Waals surface area (Å²) >= 11 is 1.91. The van der Waals surface area contributed by atoms with E-state index in [9.17, 15) is 5.11 Å². The quantitative estimate of drug-likeness (QED) is 0.858. The maximum absolute atomic E-state index is 9.32. The fourth-order valence-corrected chi connectivity index (χ4v) is 5.86. The van der Waals surface area contributed by atoms with E-state index in [2.05, 4.69) is 30.0 Å². The highest BCUT2D eigenvalue weighted by Gasteiger charge is 2.27. The second-order valence-corrected chi connectivity index (χ2v) is 9.26. The predicted octanol–water partition coefficient (Wildman–Crippen LogP) is 4.04. The molecule has 2 aromatic rings. The van der Waals surface area contributed by atoms with Crippen LogP contribution in [0.4, 0.5) is 0 Å². The topological polar surface area (TPSA) is 45.6 Å². The summed E-state index contributed by atoms with van der Waals surface area (Å²) in [5.41, 5.74) is 1.44. The Bertz CT molecular complexity index is 750. The minimum absolute atomic E-state index is 0.289. The number of aromatic nitrogens is 1. The summed E-state index contributed by atoms with van der Waals surface area (Å²) in [5.74, 6) is 1.44. The van der Waals surface area contributed by atoms with Crippen LogP contribution in [0.2, 0.25) is 0 Å². The van der Waals surface area contributed by atoms with Crippen molar-refractivity contribution < 1.29 is 9.84 Å². The summed E-state index contributed by atoms with van der Waals surface area (Å²) in [5, 5.41) is 10.6. The molecule has 1 saturated carbocycles. The fraction of sp³-hybridized carbons (Fsp3) is 0.667. The highest BCUT2D eigenvalue weighted by molar-refractivity contribution is 7.19. The summed E-state index contributed by atoms with van der Waals surface area (Å²) in [6, 6.07) is 2.82. The van der Waals surface area contributed by atoms with Crippen LogP contribution in [-0.2, 0) is 12.8 Å². The van der Waals surface area contributed by atoms with E-state index in [1.165, 1.54) is 39.8 Å². The molecule has 2 aliphatic carbocycles.